The third-order valence-electron chi connectivity index (χ3n) is 4.61. The van der Waals surface area contributed by atoms with E-state index in [2.05, 4.69) is 0 Å². The van der Waals surface area contributed by atoms with Gasteiger partial charge in [0.05, 0.1) is 16.8 Å². The van der Waals surface area contributed by atoms with Gasteiger partial charge in [0.2, 0.25) is 0 Å². The molecule has 0 atom stereocenters. The summed E-state index contributed by atoms with van der Waals surface area (Å²) in [6.07, 6.45) is 1.41. The number of hydrogen-bond acceptors (Lipinski definition) is 5. The lowest BCUT2D eigenvalue weighted by molar-refractivity contribution is -0.109. The van der Waals surface area contributed by atoms with Crippen LogP contribution < -0.4 is 0 Å². The van der Waals surface area contributed by atoms with E-state index in [9.17, 15) is 19.1 Å². The summed E-state index contributed by atoms with van der Waals surface area (Å²) >= 11 is 1.03. The summed E-state index contributed by atoms with van der Waals surface area (Å²) in [6.45, 7) is 8.96. The van der Waals surface area contributed by atoms with E-state index in [4.69, 9.17) is 9.31 Å². The maximum absolute atomic E-state index is 14.3. The van der Waals surface area contributed by atoms with Crippen LogP contribution in [0.2, 0.25) is 0 Å². The highest BCUT2D eigenvalue weighted by Gasteiger charge is 2.52. The highest BCUT2D eigenvalue weighted by Crippen LogP contribution is 2.39. The van der Waals surface area contributed by atoms with Gasteiger partial charge in [0.1, 0.15) is 5.82 Å². The second-order valence-electron chi connectivity index (χ2n) is 7.09. The van der Waals surface area contributed by atoms with Gasteiger partial charge in [-0.1, -0.05) is 23.9 Å². The Morgan fingerprint density at radius 3 is 2.31 bits per heavy atom. The predicted molar refractivity (Wildman–Crippen MR) is 101 cm³/mol. The van der Waals surface area contributed by atoms with Crippen molar-refractivity contribution in [2.45, 2.75) is 45.8 Å². The summed E-state index contributed by atoms with van der Waals surface area (Å²) in [7, 11) is -0.798. The first-order chi connectivity index (χ1) is 11.9. The first-order valence-electron chi connectivity index (χ1n) is 8.16. The zero-order valence-corrected chi connectivity index (χ0v) is 16.3. The number of aromatic carboxylic acids is 1. The molecule has 1 N–H and O–H groups in total. The molecule has 1 heterocycles. The Balaban J connectivity index is 2.49. The quantitative estimate of drug-likeness (QED) is 0.783. The molecule has 1 saturated heterocycles. The van der Waals surface area contributed by atoms with Crippen molar-refractivity contribution in [1.29, 1.82) is 0 Å². The molecule has 2 rings (SSSR count). The van der Waals surface area contributed by atoms with Gasteiger partial charge in [-0.2, -0.15) is 0 Å². The van der Waals surface area contributed by atoms with Gasteiger partial charge in [0.15, 0.2) is 5.12 Å². The SMILES string of the molecule is CC(=O)SCC(=Cc1c(F)cccc1C(=O)O)B1OC(C)(C)C(C)(C)O1. The average molecular weight is 380 g/mol. The summed E-state index contributed by atoms with van der Waals surface area (Å²) < 4.78 is 26.3. The van der Waals surface area contributed by atoms with Gasteiger partial charge in [0, 0.05) is 18.2 Å². The zero-order valence-electron chi connectivity index (χ0n) is 15.5. The minimum atomic E-state index is -1.23. The van der Waals surface area contributed by atoms with E-state index >= 15 is 0 Å². The van der Waals surface area contributed by atoms with Crippen molar-refractivity contribution < 1.29 is 28.4 Å². The average Bonchev–Trinajstić information content (AvgIpc) is 2.72. The minimum Gasteiger partial charge on any atom is -0.478 e. The summed E-state index contributed by atoms with van der Waals surface area (Å²) in [5.74, 6) is -1.69. The van der Waals surface area contributed by atoms with Crippen LogP contribution in [0.5, 0.6) is 0 Å². The Morgan fingerprint density at radius 1 is 1.23 bits per heavy atom. The van der Waals surface area contributed by atoms with Gasteiger partial charge >= 0.3 is 13.1 Å². The van der Waals surface area contributed by atoms with Crippen molar-refractivity contribution in [3.8, 4) is 0 Å². The van der Waals surface area contributed by atoms with Gasteiger partial charge in [-0.25, -0.2) is 9.18 Å². The Bertz CT molecular complexity index is 744. The van der Waals surface area contributed by atoms with E-state index in [1.165, 1.54) is 31.2 Å². The summed E-state index contributed by atoms with van der Waals surface area (Å²) in [5, 5.41) is 9.22. The van der Waals surface area contributed by atoms with Crippen LogP contribution in [0.4, 0.5) is 4.39 Å². The largest absolute Gasteiger partial charge is 0.491 e. The number of benzene rings is 1. The fourth-order valence-corrected chi connectivity index (χ4v) is 3.00. The fourth-order valence-electron chi connectivity index (χ4n) is 2.41. The van der Waals surface area contributed by atoms with Crippen molar-refractivity contribution in [2.24, 2.45) is 0 Å². The van der Waals surface area contributed by atoms with Gasteiger partial charge < -0.3 is 14.4 Å². The van der Waals surface area contributed by atoms with Gasteiger partial charge in [-0.05, 0) is 45.3 Å². The van der Waals surface area contributed by atoms with Crippen molar-refractivity contribution in [3.63, 3.8) is 0 Å². The lowest BCUT2D eigenvalue weighted by atomic mass is 9.78. The second-order valence-corrected chi connectivity index (χ2v) is 8.25. The van der Waals surface area contributed by atoms with Crippen LogP contribution in [0.1, 0.15) is 50.5 Å². The molecule has 8 heteroatoms. The minimum absolute atomic E-state index is 0.0612. The molecule has 0 aliphatic carbocycles. The van der Waals surface area contributed by atoms with E-state index < -0.39 is 30.1 Å². The molecule has 5 nitrogen and oxygen atoms in total. The Hall–Kier alpha value is -1.64. The molecule has 0 spiro atoms. The Morgan fingerprint density at radius 2 is 1.81 bits per heavy atom. The molecular weight excluding hydrogens is 358 g/mol. The maximum Gasteiger partial charge on any atom is 0.491 e. The molecule has 0 amide bonds. The van der Waals surface area contributed by atoms with Gasteiger partial charge in [0.25, 0.3) is 0 Å². The number of hydrogen-bond donors (Lipinski definition) is 1. The number of thioether (sulfide) groups is 1. The Labute approximate surface area is 157 Å². The highest BCUT2D eigenvalue weighted by atomic mass is 32.2. The van der Waals surface area contributed by atoms with E-state index in [0.29, 0.717) is 5.47 Å². The van der Waals surface area contributed by atoms with Gasteiger partial charge in [-0.15, -0.1) is 0 Å². The summed E-state index contributed by atoms with van der Waals surface area (Å²) in [4.78, 5) is 22.8. The van der Waals surface area contributed by atoms with Crippen molar-refractivity contribution >= 4 is 36.0 Å². The van der Waals surface area contributed by atoms with Crippen LogP contribution in [0.25, 0.3) is 6.08 Å². The molecule has 1 aromatic rings. The lowest BCUT2D eigenvalue weighted by Crippen LogP contribution is -2.41. The third kappa shape index (κ3) is 4.36. The van der Waals surface area contributed by atoms with E-state index in [-0.39, 0.29) is 22.0 Å². The molecule has 1 aliphatic heterocycles. The molecule has 26 heavy (non-hydrogen) atoms. The van der Waals surface area contributed by atoms with Crippen LogP contribution in [0.15, 0.2) is 23.7 Å². The van der Waals surface area contributed by atoms with Crippen LogP contribution in [-0.4, -0.2) is 40.3 Å². The fraction of sp³-hybridized carbons (Fsp3) is 0.444. The molecule has 0 unspecified atom stereocenters. The maximum atomic E-state index is 14.3. The molecule has 0 bridgehead atoms. The molecule has 0 aromatic heterocycles. The zero-order chi connectivity index (χ0) is 19.7. The first-order valence-corrected chi connectivity index (χ1v) is 9.14. The Kier molecular flexibility index (Phi) is 6.00. The molecule has 140 valence electrons. The van der Waals surface area contributed by atoms with E-state index in [0.717, 1.165) is 11.8 Å². The molecule has 1 aliphatic rings. The highest BCUT2D eigenvalue weighted by molar-refractivity contribution is 8.13. The number of carbonyl (C=O) groups is 2. The number of carboxylic acid groups (broad SMARTS) is 1. The normalized spacial score (nSPS) is 18.8. The third-order valence-corrected chi connectivity index (χ3v) is 5.50. The summed E-state index contributed by atoms with van der Waals surface area (Å²) in [5.41, 5.74) is -0.942. The molecule has 1 aromatic carbocycles. The lowest BCUT2D eigenvalue weighted by Gasteiger charge is -2.32. The second kappa shape index (κ2) is 7.54. The van der Waals surface area contributed by atoms with Crippen LogP contribution in [0.3, 0.4) is 0 Å². The molecular formula is C18H22BFO5S. The predicted octanol–water partition coefficient (Wildman–Crippen LogP) is 3.82. The number of halogens is 1. The van der Waals surface area contributed by atoms with Crippen molar-refractivity contribution in [2.75, 3.05) is 5.75 Å². The van der Waals surface area contributed by atoms with Crippen LogP contribution in [0, 0.1) is 5.82 Å². The van der Waals surface area contributed by atoms with Crippen LogP contribution in [-0.2, 0) is 14.1 Å². The van der Waals surface area contributed by atoms with Crippen molar-refractivity contribution in [3.05, 3.63) is 40.6 Å². The monoisotopic (exact) mass is 380 g/mol. The molecule has 0 saturated carbocycles. The number of carbonyl (C=O) groups excluding carboxylic acids is 1. The topological polar surface area (TPSA) is 72.8 Å². The smallest absolute Gasteiger partial charge is 0.478 e. The van der Waals surface area contributed by atoms with E-state index in [1.807, 2.05) is 27.7 Å². The molecule has 1 fully saturated rings. The number of rotatable bonds is 5. The summed E-state index contributed by atoms with van der Waals surface area (Å²) in [6, 6.07) is 3.87. The van der Waals surface area contributed by atoms with Crippen molar-refractivity contribution in [1.82, 2.24) is 0 Å². The standard InChI is InChI=1S/C18H22BFO5S/c1-11(21)26-10-12(19-24-17(2,3)18(4,5)25-19)9-14-13(16(22)23)7-6-8-15(14)20/h6-9H,10H2,1-5H3,(H,22,23). The molecule has 0 radical (unpaired) electrons. The van der Waals surface area contributed by atoms with E-state index in [1.54, 1.807) is 0 Å². The van der Waals surface area contributed by atoms with Gasteiger partial charge in [-0.3, -0.25) is 4.79 Å². The van der Waals surface area contributed by atoms with Crippen LogP contribution >= 0.6 is 11.8 Å². The number of carboxylic acids is 1. The first kappa shape index (κ1) is 20.7.